The number of carbonyl (C=O) groups excluding carboxylic acids is 1. The van der Waals surface area contributed by atoms with Gasteiger partial charge in [0, 0.05) is 13.1 Å². The molecule has 1 aliphatic rings. The number of hydrogen-bond acceptors (Lipinski definition) is 1. The zero-order chi connectivity index (χ0) is 13.1. The molecule has 0 saturated carbocycles. The van der Waals surface area contributed by atoms with E-state index in [9.17, 15) is 4.79 Å². The van der Waals surface area contributed by atoms with E-state index in [2.05, 4.69) is 29.6 Å². The molecule has 2 aromatic carbocycles. The van der Waals surface area contributed by atoms with Gasteiger partial charge in [-0.3, -0.25) is 0 Å². The fourth-order valence-electron chi connectivity index (χ4n) is 2.56. The molecule has 3 heteroatoms. The van der Waals surface area contributed by atoms with Crippen molar-refractivity contribution in [3.05, 3.63) is 71.8 Å². The van der Waals surface area contributed by atoms with Crippen molar-refractivity contribution >= 4 is 6.03 Å². The van der Waals surface area contributed by atoms with E-state index in [0.29, 0.717) is 0 Å². The van der Waals surface area contributed by atoms with Crippen LogP contribution >= 0.6 is 0 Å². The van der Waals surface area contributed by atoms with E-state index in [4.69, 9.17) is 0 Å². The van der Waals surface area contributed by atoms with Crippen LogP contribution in [0.1, 0.15) is 17.2 Å². The summed E-state index contributed by atoms with van der Waals surface area (Å²) in [5.74, 6) is 0. The van der Waals surface area contributed by atoms with Crippen LogP contribution in [-0.4, -0.2) is 24.0 Å². The van der Waals surface area contributed by atoms with Gasteiger partial charge in [-0.05, 0) is 11.1 Å². The summed E-state index contributed by atoms with van der Waals surface area (Å²) < 4.78 is 0. The van der Waals surface area contributed by atoms with Crippen LogP contribution in [0.2, 0.25) is 0 Å². The smallest absolute Gasteiger partial charge is 0.318 e. The minimum Gasteiger partial charge on any atom is -0.336 e. The maximum absolute atomic E-state index is 12.0. The molecule has 1 fully saturated rings. The van der Waals surface area contributed by atoms with Crippen molar-refractivity contribution in [2.75, 3.05) is 13.1 Å². The molecule has 3 nitrogen and oxygen atoms in total. The van der Waals surface area contributed by atoms with Crippen LogP contribution in [0.25, 0.3) is 0 Å². The molecule has 96 valence electrons. The summed E-state index contributed by atoms with van der Waals surface area (Å²) in [5, 5.41) is 2.88. The van der Waals surface area contributed by atoms with Gasteiger partial charge >= 0.3 is 6.03 Å². The maximum Gasteiger partial charge on any atom is 0.318 e. The Balaban J connectivity index is 2.03. The molecule has 0 aromatic heterocycles. The van der Waals surface area contributed by atoms with Crippen LogP contribution in [0.15, 0.2) is 60.7 Å². The minimum atomic E-state index is -0.00935. The Morgan fingerprint density at radius 3 is 1.84 bits per heavy atom. The highest BCUT2D eigenvalue weighted by molar-refractivity contribution is 5.77. The molecule has 1 N–H and O–H groups in total. The summed E-state index contributed by atoms with van der Waals surface area (Å²) in [6.07, 6.45) is 0. The molecule has 2 aromatic rings. The Hall–Kier alpha value is -2.29. The number of hydrogen-bond donors (Lipinski definition) is 1. The average molecular weight is 252 g/mol. The highest BCUT2D eigenvalue weighted by Gasteiger charge is 2.29. The largest absolute Gasteiger partial charge is 0.336 e. The summed E-state index contributed by atoms with van der Waals surface area (Å²) in [4.78, 5) is 13.9. The summed E-state index contributed by atoms with van der Waals surface area (Å²) in [5.41, 5.74) is 2.29. The molecule has 0 atom stereocenters. The zero-order valence-corrected chi connectivity index (χ0v) is 10.6. The van der Waals surface area contributed by atoms with Crippen molar-refractivity contribution in [1.82, 2.24) is 10.2 Å². The molecule has 0 unspecified atom stereocenters. The number of carbonyl (C=O) groups is 1. The monoisotopic (exact) mass is 252 g/mol. The SMILES string of the molecule is O=C1NCCN1C(c1ccccc1)c1ccccc1. The molecular formula is C16H16N2O. The Bertz CT molecular complexity index is 514. The van der Waals surface area contributed by atoms with Gasteiger partial charge in [0.1, 0.15) is 0 Å². The quantitative estimate of drug-likeness (QED) is 0.895. The minimum absolute atomic E-state index is 0.00935. The highest BCUT2D eigenvalue weighted by atomic mass is 16.2. The lowest BCUT2D eigenvalue weighted by Crippen LogP contribution is -2.32. The van der Waals surface area contributed by atoms with Crippen LogP contribution < -0.4 is 5.32 Å². The second-order valence-electron chi connectivity index (χ2n) is 4.65. The third-order valence-electron chi connectivity index (χ3n) is 3.43. The second-order valence-corrected chi connectivity index (χ2v) is 4.65. The van der Waals surface area contributed by atoms with Crippen molar-refractivity contribution in [3.8, 4) is 0 Å². The third-order valence-corrected chi connectivity index (χ3v) is 3.43. The van der Waals surface area contributed by atoms with E-state index in [0.717, 1.165) is 24.2 Å². The molecule has 0 spiro atoms. The maximum atomic E-state index is 12.0. The summed E-state index contributed by atoms with van der Waals surface area (Å²) in [7, 11) is 0. The first-order valence-electron chi connectivity index (χ1n) is 6.50. The molecular weight excluding hydrogens is 236 g/mol. The molecule has 1 heterocycles. The standard InChI is InChI=1S/C16H16N2O/c19-16-17-11-12-18(16)15(13-7-3-1-4-8-13)14-9-5-2-6-10-14/h1-10,15H,11-12H2,(H,17,19). The van der Waals surface area contributed by atoms with Crippen molar-refractivity contribution < 1.29 is 4.79 Å². The number of benzene rings is 2. The number of urea groups is 1. The first kappa shape index (κ1) is 11.8. The van der Waals surface area contributed by atoms with Gasteiger partial charge in [-0.15, -0.1) is 0 Å². The van der Waals surface area contributed by atoms with Crippen molar-refractivity contribution in [2.45, 2.75) is 6.04 Å². The molecule has 1 aliphatic heterocycles. The predicted octanol–water partition coefficient (Wildman–Crippen LogP) is 2.80. The highest BCUT2D eigenvalue weighted by Crippen LogP contribution is 2.29. The Labute approximate surface area is 112 Å². The normalized spacial score (nSPS) is 14.8. The van der Waals surface area contributed by atoms with Crippen LogP contribution in [0, 0.1) is 0 Å². The molecule has 3 rings (SSSR count). The molecule has 0 aliphatic carbocycles. The predicted molar refractivity (Wildman–Crippen MR) is 74.8 cm³/mol. The van der Waals surface area contributed by atoms with Crippen molar-refractivity contribution in [3.63, 3.8) is 0 Å². The zero-order valence-electron chi connectivity index (χ0n) is 10.6. The number of amides is 2. The van der Waals surface area contributed by atoms with E-state index in [-0.39, 0.29) is 12.1 Å². The fraction of sp³-hybridized carbons (Fsp3) is 0.188. The van der Waals surface area contributed by atoms with E-state index in [1.807, 2.05) is 41.3 Å². The summed E-state index contributed by atoms with van der Waals surface area (Å²) in [6.45, 7) is 1.46. The lowest BCUT2D eigenvalue weighted by atomic mass is 9.97. The number of rotatable bonds is 3. The van der Waals surface area contributed by atoms with Crippen LogP contribution in [0.5, 0.6) is 0 Å². The molecule has 19 heavy (non-hydrogen) atoms. The first-order chi connectivity index (χ1) is 9.36. The van der Waals surface area contributed by atoms with Crippen LogP contribution in [0.4, 0.5) is 4.79 Å². The Morgan fingerprint density at radius 1 is 0.895 bits per heavy atom. The van der Waals surface area contributed by atoms with Gasteiger partial charge in [-0.25, -0.2) is 4.79 Å². The van der Waals surface area contributed by atoms with E-state index < -0.39 is 0 Å². The van der Waals surface area contributed by atoms with E-state index >= 15 is 0 Å². The van der Waals surface area contributed by atoms with Gasteiger partial charge in [-0.2, -0.15) is 0 Å². The molecule has 0 bridgehead atoms. The van der Waals surface area contributed by atoms with Crippen LogP contribution in [0.3, 0.4) is 0 Å². The number of nitrogens with one attached hydrogen (secondary N) is 1. The van der Waals surface area contributed by atoms with Gasteiger partial charge in [0.25, 0.3) is 0 Å². The summed E-state index contributed by atoms with van der Waals surface area (Å²) in [6, 6.07) is 20.3. The summed E-state index contributed by atoms with van der Waals surface area (Å²) >= 11 is 0. The first-order valence-corrected chi connectivity index (χ1v) is 6.50. The van der Waals surface area contributed by atoms with E-state index in [1.54, 1.807) is 0 Å². The second kappa shape index (κ2) is 5.14. The third kappa shape index (κ3) is 2.32. The topological polar surface area (TPSA) is 32.3 Å². The van der Waals surface area contributed by atoms with E-state index in [1.165, 1.54) is 0 Å². The molecule has 0 radical (unpaired) electrons. The Kier molecular flexibility index (Phi) is 3.19. The molecule has 2 amide bonds. The van der Waals surface area contributed by atoms with Gasteiger partial charge in [-0.1, -0.05) is 60.7 Å². The fourth-order valence-corrected chi connectivity index (χ4v) is 2.56. The lowest BCUT2D eigenvalue weighted by Gasteiger charge is -2.27. The lowest BCUT2D eigenvalue weighted by molar-refractivity contribution is 0.206. The van der Waals surface area contributed by atoms with Crippen LogP contribution in [-0.2, 0) is 0 Å². The number of nitrogens with zero attached hydrogens (tertiary/aromatic N) is 1. The van der Waals surface area contributed by atoms with Gasteiger partial charge in [0.2, 0.25) is 0 Å². The van der Waals surface area contributed by atoms with Gasteiger partial charge < -0.3 is 10.2 Å². The van der Waals surface area contributed by atoms with Gasteiger partial charge in [0.05, 0.1) is 6.04 Å². The van der Waals surface area contributed by atoms with Crippen molar-refractivity contribution in [1.29, 1.82) is 0 Å². The van der Waals surface area contributed by atoms with Gasteiger partial charge in [0.15, 0.2) is 0 Å². The van der Waals surface area contributed by atoms with Crippen molar-refractivity contribution in [2.24, 2.45) is 0 Å². The molecule has 1 saturated heterocycles. The average Bonchev–Trinajstić information content (AvgIpc) is 2.88. The Morgan fingerprint density at radius 2 is 1.42 bits per heavy atom.